The largest absolute Gasteiger partial charge is 0.497 e. The maximum atomic E-state index is 12.6. The third-order valence-corrected chi connectivity index (χ3v) is 6.71. The fraction of sp³-hybridized carbons (Fsp3) is 0.684. The highest BCUT2D eigenvalue weighted by Crippen LogP contribution is 2.27. The van der Waals surface area contributed by atoms with Gasteiger partial charge in [0.25, 0.3) is 0 Å². The lowest BCUT2D eigenvalue weighted by atomic mass is 9.95. The van der Waals surface area contributed by atoms with Gasteiger partial charge in [0, 0.05) is 12.3 Å². The molecule has 1 aromatic carbocycles. The number of rotatable bonds is 8. The van der Waals surface area contributed by atoms with Crippen LogP contribution in [0.1, 0.15) is 32.3 Å². The number of piperidine rings is 1. The van der Waals surface area contributed by atoms with Crippen molar-refractivity contribution in [3.63, 3.8) is 0 Å². The molecule has 2 atom stereocenters. The molecule has 5 nitrogen and oxygen atoms in total. The van der Waals surface area contributed by atoms with Crippen LogP contribution in [-0.4, -0.2) is 57.7 Å². The zero-order valence-electron chi connectivity index (χ0n) is 16.3. The summed E-state index contributed by atoms with van der Waals surface area (Å²) >= 11 is 0. The van der Waals surface area contributed by atoms with Gasteiger partial charge in [-0.25, -0.2) is 8.42 Å². The van der Waals surface area contributed by atoms with E-state index < -0.39 is 15.2 Å². The van der Waals surface area contributed by atoms with Gasteiger partial charge in [-0.15, -0.1) is 12.4 Å². The first kappa shape index (κ1) is 23.2. The molecule has 0 bridgehead atoms. The zero-order valence-corrected chi connectivity index (χ0v) is 17.9. The minimum absolute atomic E-state index is 0. The Kier molecular flexibility index (Phi) is 9.38. The average molecular weight is 405 g/mol. The quantitative estimate of drug-likeness (QED) is 0.721. The van der Waals surface area contributed by atoms with Gasteiger partial charge in [-0.2, -0.15) is 0 Å². The van der Waals surface area contributed by atoms with Crippen LogP contribution in [0.25, 0.3) is 0 Å². The Hall–Kier alpha value is -0.820. The number of methoxy groups -OCH3 is 1. The molecule has 1 aromatic rings. The van der Waals surface area contributed by atoms with Crippen LogP contribution >= 0.6 is 12.4 Å². The second-order valence-corrected chi connectivity index (χ2v) is 9.18. The van der Waals surface area contributed by atoms with E-state index in [1.165, 1.54) is 11.8 Å². The zero-order chi connectivity index (χ0) is 18.4. The molecule has 2 unspecified atom stereocenters. The summed E-state index contributed by atoms with van der Waals surface area (Å²) in [5.74, 6) is 1.04. The van der Waals surface area contributed by atoms with Gasteiger partial charge < -0.3 is 10.1 Å². The van der Waals surface area contributed by atoms with E-state index >= 15 is 0 Å². The van der Waals surface area contributed by atoms with Crippen molar-refractivity contribution in [2.75, 3.05) is 33.0 Å². The second kappa shape index (κ2) is 10.5. The van der Waals surface area contributed by atoms with Crippen molar-refractivity contribution in [3.8, 4) is 5.75 Å². The van der Waals surface area contributed by atoms with Crippen molar-refractivity contribution in [3.05, 3.63) is 29.8 Å². The SMILES string of the molecule is CCN(C(C)Cc1ccc(OC)cc1)C(C1CCNCC1)S(C)(=O)=O.Cl. The Balaban J connectivity index is 0.00000338. The lowest BCUT2D eigenvalue weighted by Gasteiger charge is -2.40. The molecule has 0 aliphatic carbocycles. The van der Waals surface area contributed by atoms with E-state index in [9.17, 15) is 8.42 Å². The molecular formula is C19H33ClN2O3S. The number of hydrogen-bond acceptors (Lipinski definition) is 5. The summed E-state index contributed by atoms with van der Waals surface area (Å²) in [6, 6.07) is 8.19. The van der Waals surface area contributed by atoms with Crippen molar-refractivity contribution in [1.29, 1.82) is 0 Å². The summed E-state index contributed by atoms with van der Waals surface area (Å²) in [7, 11) is -1.49. The lowest BCUT2D eigenvalue weighted by Crippen LogP contribution is -2.52. The molecular weight excluding hydrogens is 372 g/mol. The molecule has 0 saturated carbocycles. The lowest BCUT2D eigenvalue weighted by molar-refractivity contribution is 0.138. The van der Waals surface area contributed by atoms with Crippen molar-refractivity contribution < 1.29 is 13.2 Å². The molecule has 26 heavy (non-hydrogen) atoms. The Morgan fingerprint density at radius 2 is 1.81 bits per heavy atom. The molecule has 1 aliphatic rings. The van der Waals surface area contributed by atoms with E-state index in [1.807, 2.05) is 12.1 Å². The van der Waals surface area contributed by atoms with Gasteiger partial charge in [-0.3, -0.25) is 4.90 Å². The van der Waals surface area contributed by atoms with Crippen LogP contribution < -0.4 is 10.1 Å². The highest BCUT2D eigenvalue weighted by Gasteiger charge is 2.37. The van der Waals surface area contributed by atoms with Crippen LogP contribution in [0.15, 0.2) is 24.3 Å². The van der Waals surface area contributed by atoms with E-state index in [4.69, 9.17) is 4.74 Å². The Bertz CT molecular complexity index is 631. The predicted molar refractivity (Wildman–Crippen MR) is 110 cm³/mol. The van der Waals surface area contributed by atoms with Crippen LogP contribution in [0, 0.1) is 5.92 Å². The number of ether oxygens (including phenoxy) is 1. The molecule has 0 spiro atoms. The number of benzene rings is 1. The van der Waals surface area contributed by atoms with Gasteiger partial charge >= 0.3 is 0 Å². The topological polar surface area (TPSA) is 58.6 Å². The van der Waals surface area contributed by atoms with Crippen LogP contribution in [-0.2, 0) is 16.3 Å². The van der Waals surface area contributed by atoms with Crippen molar-refractivity contribution in [2.45, 2.75) is 44.5 Å². The molecule has 0 amide bonds. The van der Waals surface area contributed by atoms with Gasteiger partial charge in [0.05, 0.1) is 7.11 Å². The summed E-state index contributed by atoms with van der Waals surface area (Å²) in [5.41, 5.74) is 1.20. The highest BCUT2D eigenvalue weighted by molar-refractivity contribution is 7.91. The maximum Gasteiger partial charge on any atom is 0.163 e. The number of likely N-dealkylation sites (N-methyl/N-ethyl adjacent to an activating group) is 1. The summed E-state index contributed by atoms with van der Waals surface area (Å²) < 4.78 is 30.4. The Morgan fingerprint density at radius 3 is 2.27 bits per heavy atom. The van der Waals surface area contributed by atoms with E-state index in [0.29, 0.717) is 0 Å². The van der Waals surface area contributed by atoms with Crippen molar-refractivity contribution in [2.24, 2.45) is 5.92 Å². The minimum atomic E-state index is -3.15. The van der Waals surface area contributed by atoms with E-state index in [-0.39, 0.29) is 24.4 Å². The van der Waals surface area contributed by atoms with Gasteiger partial charge in [0.15, 0.2) is 9.84 Å². The fourth-order valence-electron chi connectivity index (χ4n) is 3.96. The summed E-state index contributed by atoms with van der Waals surface area (Å²) in [4.78, 5) is 2.18. The molecule has 1 fully saturated rings. The number of sulfone groups is 1. The maximum absolute atomic E-state index is 12.6. The van der Waals surface area contributed by atoms with E-state index in [1.54, 1.807) is 7.11 Å². The molecule has 1 aliphatic heterocycles. The van der Waals surface area contributed by atoms with Crippen molar-refractivity contribution >= 4 is 22.2 Å². The molecule has 2 rings (SSSR count). The van der Waals surface area contributed by atoms with Crippen LogP contribution in [0.2, 0.25) is 0 Å². The smallest absolute Gasteiger partial charge is 0.163 e. The van der Waals surface area contributed by atoms with Crippen molar-refractivity contribution in [1.82, 2.24) is 10.2 Å². The normalized spacial score (nSPS) is 18.2. The predicted octanol–water partition coefficient (Wildman–Crippen LogP) is 2.74. The standard InChI is InChI=1S/C19H32N2O3S.ClH/c1-5-21(15(2)14-16-6-8-18(24-3)9-7-16)19(25(4,22)23)17-10-12-20-13-11-17;/h6-9,15,17,19-20H,5,10-14H2,1-4H3;1H. The van der Waals surface area contributed by atoms with E-state index in [0.717, 1.165) is 44.6 Å². The Morgan fingerprint density at radius 1 is 1.23 bits per heavy atom. The van der Waals surface area contributed by atoms with E-state index in [2.05, 4.69) is 36.2 Å². The van der Waals surface area contributed by atoms with Gasteiger partial charge in [0.1, 0.15) is 11.1 Å². The molecule has 7 heteroatoms. The number of nitrogens with one attached hydrogen (secondary N) is 1. The van der Waals surface area contributed by atoms with Gasteiger partial charge in [-0.05, 0) is 69.4 Å². The van der Waals surface area contributed by atoms with Gasteiger partial charge in [0.2, 0.25) is 0 Å². The number of hydrogen-bond donors (Lipinski definition) is 1. The Labute approximate surface area is 164 Å². The summed E-state index contributed by atoms with van der Waals surface area (Å²) in [5, 5.41) is 2.94. The number of nitrogens with zero attached hydrogens (tertiary/aromatic N) is 1. The first-order valence-electron chi connectivity index (χ1n) is 9.15. The first-order valence-corrected chi connectivity index (χ1v) is 11.1. The van der Waals surface area contributed by atoms with Crippen LogP contribution in [0.5, 0.6) is 5.75 Å². The third-order valence-electron chi connectivity index (χ3n) is 5.17. The number of halogens is 1. The average Bonchev–Trinajstić information content (AvgIpc) is 2.59. The fourth-order valence-corrected chi connectivity index (χ4v) is 5.78. The van der Waals surface area contributed by atoms with Crippen LogP contribution in [0.4, 0.5) is 0 Å². The summed E-state index contributed by atoms with van der Waals surface area (Å²) in [6.45, 7) is 6.73. The minimum Gasteiger partial charge on any atom is -0.497 e. The molecule has 0 aromatic heterocycles. The first-order chi connectivity index (χ1) is 11.9. The summed E-state index contributed by atoms with van der Waals surface area (Å²) in [6.07, 6.45) is 4.06. The van der Waals surface area contributed by atoms with Gasteiger partial charge in [-0.1, -0.05) is 19.1 Å². The molecule has 1 N–H and O–H groups in total. The monoisotopic (exact) mass is 404 g/mol. The third kappa shape index (κ3) is 6.12. The second-order valence-electron chi connectivity index (χ2n) is 7.04. The molecule has 0 radical (unpaired) electrons. The van der Waals surface area contributed by atoms with Crippen LogP contribution in [0.3, 0.4) is 0 Å². The molecule has 1 heterocycles. The highest BCUT2D eigenvalue weighted by atomic mass is 35.5. The molecule has 150 valence electrons. The molecule has 1 saturated heterocycles.